The van der Waals surface area contributed by atoms with Crippen molar-refractivity contribution in [3.8, 4) is 22.6 Å². The maximum atomic E-state index is 14.2. The van der Waals surface area contributed by atoms with Gasteiger partial charge in [-0.05, 0) is 36.4 Å². The number of nitrogens with zero attached hydrogens (tertiary/aromatic N) is 2. The number of aromatic nitrogens is 2. The Hall–Kier alpha value is -3.70. The lowest BCUT2D eigenvalue weighted by Crippen LogP contribution is -2.33. The number of nitrogens with two attached hydrogens (primary N) is 1. The molecular formula is C21H18F2N4O4S. The molecule has 8 nitrogen and oxygen atoms in total. The molecule has 0 fully saturated rings. The number of hydrogen-bond donors (Lipinski definition) is 2. The van der Waals surface area contributed by atoms with Gasteiger partial charge in [-0.25, -0.2) is 13.9 Å². The zero-order chi connectivity index (χ0) is 23.2. The summed E-state index contributed by atoms with van der Waals surface area (Å²) in [6.07, 6.45) is 3.15. The van der Waals surface area contributed by atoms with Crippen molar-refractivity contribution in [2.45, 2.75) is 0 Å². The Morgan fingerprint density at radius 3 is 2.47 bits per heavy atom. The molecule has 0 saturated carbocycles. The van der Waals surface area contributed by atoms with E-state index >= 15 is 0 Å². The largest absolute Gasteiger partial charge is 0.454 e. The smallest absolute Gasteiger partial charge is 0.298 e. The highest BCUT2D eigenvalue weighted by molar-refractivity contribution is 7.90. The summed E-state index contributed by atoms with van der Waals surface area (Å²) < 4.78 is 59.2. The van der Waals surface area contributed by atoms with Crippen molar-refractivity contribution >= 4 is 26.8 Å². The summed E-state index contributed by atoms with van der Waals surface area (Å²) >= 11 is 0. The van der Waals surface area contributed by atoms with Crippen LogP contribution in [0.3, 0.4) is 0 Å². The third-order valence-corrected chi connectivity index (χ3v) is 5.98. The Morgan fingerprint density at radius 2 is 1.78 bits per heavy atom. The summed E-state index contributed by atoms with van der Waals surface area (Å²) in [5, 5.41) is 5.79. The molecule has 0 aliphatic rings. The fourth-order valence-corrected chi connectivity index (χ4v) is 3.73. The van der Waals surface area contributed by atoms with Gasteiger partial charge in [-0.1, -0.05) is 0 Å². The number of pyridine rings is 1. The van der Waals surface area contributed by atoms with Crippen LogP contribution in [0.4, 0.5) is 14.5 Å². The van der Waals surface area contributed by atoms with Crippen molar-refractivity contribution in [1.29, 1.82) is 0 Å². The standard InChI is InChI=1S/C21H18F2N4O4S/c1-26-11-16(14-7-8-25-20(14)21(26)28)15-10-13(27(2)32(24,29)30)4-6-18(15)31-19-5-3-12(22)9-17(19)23/h3-11,25H,1-2H3,(H2,24,29,30). The van der Waals surface area contributed by atoms with E-state index in [9.17, 15) is 22.0 Å². The van der Waals surface area contributed by atoms with Crippen LogP contribution in [-0.4, -0.2) is 25.0 Å². The number of rotatable bonds is 5. The summed E-state index contributed by atoms with van der Waals surface area (Å²) in [4.78, 5) is 15.3. The molecule has 0 radical (unpaired) electrons. The molecule has 0 spiro atoms. The second-order valence-corrected chi connectivity index (χ2v) is 8.67. The van der Waals surface area contributed by atoms with E-state index in [0.29, 0.717) is 28.1 Å². The fourth-order valence-electron chi connectivity index (χ4n) is 3.32. The van der Waals surface area contributed by atoms with Crippen LogP contribution < -0.4 is 19.7 Å². The zero-order valence-electron chi connectivity index (χ0n) is 17.0. The lowest BCUT2D eigenvalue weighted by molar-refractivity contribution is 0.439. The van der Waals surface area contributed by atoms with Crippen LogP contribution in [0.15, 0.2) is 59.7 Å². The van der Waals surface area contributed by atoms with Crippen LogP contribution in [0, 0.1) is 11.6 Å². The van der Waals surface area contributed by atoms with Crippen molar-refractivity contribution in [1.82, 2.24) is 9.55 Å². The quantitative estimate of drug-likeness (QED) is 0.476. The molecule has 2 aromatic carbocycles. The minimum absolute atomic E-state index is 0.156. The number of ether oxygens (including phenoxy) is 1. The van der Waals surface area contributed by atoms with Crippen LogP contribution in [0.25, 0.3) is 22.0 Å². The first-order valence-electron chi connectivity index (χ1n) is 9.27. The number of nitrogens with one attached hydrogen (secondary N) is 1. The minimum Gasteiger partial charge on any atom is -0.454 e. The van der Waals surface area contributed by atoms with Crippen LogP contribution >= 0.6 is 0 Å². The summed E-state index contributed by atoms with van der Waals surface area (Å²) in [7, 11) is -1.21. The van der Waals surface area contributed by atoms with Crippen molar-refractivity contribution in [3.63, 3.8) is 0 Å². The van der Waals surface area contributed by atoms with Gasteiger partial charge in [0.15, 0.2) is 11.6 Å². The predicted octanol–water partition coefficient (Wildman–Crippen LogP) is 3.24. The summed E-state index contributed by atoms with van der Waals surface area (Å²) in [6, 6.07) is 8.94. The average Bonchev–Trinajstić information content (AvgIpc) is 3.22. The van der Waals surface area contributed by atoms with Gasteiger partial charge in [-0.2, -0.15) is 8.42 Å². The molecule has 0 aliphatic heterocycles. The second kappa shape index (κ2) is 7.77. The number of H-pyrrole nitrogens is 1. The number of aromatic amines is 1. The Labute approximate surface area is 181 Å². The van der Waals surface area contributed by atoms with E-state index in [1.54, 1.807) is 25.5 Å². The highest BCUT2D eigenvalue weighted by Gasteiger charge is 2.20. The molecule has 32 heavy (non-hydrogen) atoms. The number of anilines is 1. The maximum absolute atomic E-state index is 14.2. The number of aryl methyl sites for hydroxylation is 1. The predicted molar refractivity (Wildman–Crippen MR) is 117 cm³/mol. The number of benzene rings is 2. The van der Waals surface area contributed by atoms with Gasteiger partial charge in [0, 0.05) is 49.1 Å². The summed E-state index contributed by atoms with van der Waals surface area (Å²) in [6.45, 7) is 0. The van der Waals surface area contributed by atoms with Crippen molar-refractivity contribution in [2.75, 3.05) is 11.4 Å². The maximum Gasteiger partial charge on any atom is 0.298 e. The molecule has 166 valence electrons. The fraction of sp³-hybridized carbons (Fsp3) is 0.0952. The SMILES string of the molecule is CN(c1ccc(Oc2ccc(F)cc2F)c(-c2cn(C)c(=O)c3[nH]ccc23)c1)S(N)(=O)=O. The Bertz CT molecular complexity index is 1510. The van der Waals surface area contributed by atoms with Crippen molar-refractivity contribution < 1.29 is 21.9 Å². The van der Waals surface area contributed by atoms with E-state index in [-0.39, 0.29) is 22.7 Å². The molecule has 2 aromatic heterocycles. The Morgan fingerprint density at radius 1 is 1.06 bits per heavy atom. The molecule has 0 unspecified atom stereocenters. The number of fused-ring (bicyclic) bond motifs is 1. The second-order valence-electron chi connectivity index (χ2n) is 7.09. The number of hydrogen-bond acceptors (Lipinski definition) is 4. The first kappa shape index (κ1) is 21.5. The zero-order valence-corrected chi connectivity index (χ0v) is 17.8. The summed E-state index contributed by atoms with van der Waals surface area (Å²) in [5.41, 5.74) is 1.16. The molecule has 3 N–H and O–H groups in total. The highest BCUT2D eigenvalue weighted by Crippen LogP contribution is 2.39. The molecule has 4 aromatic rings. The van der Waals surface area contributed by atoms with E-state index in [0.717, 1.165) is 16.4 Å². The van der Waals surface area contributed by atoms with Gasteiger partial charge in [-0.15, -0.1) is 0 Å². The molecule has 0 saturated heterocycles. The van der Waals surface area contributed by atoms with Crippen molar-refractivity contribution in [2.24, 2.45) is 12.2 Å². The van der Waals surface area contributed by atoms with Gasteiger partial charge in [0.1, 0.15) is 17.1 Å². The van der Waals surface area contributed by atoms with Crippen molar-refractivity contribution in [3.05, 3.63) is 76.8 Å². The van der Waals surface area contributed by atoms with Crippen LogP contribution in [0.1, 0.15) is 0 Å². The van der Waals surface area contributed by atoms with E-state index in [1.807, 2.05) is 0 Å². The molecule has 0 aliphatic carbocycles. The van der Waals surface area contributed by atoms with Gasteiger partial charge in [-0.3, -0.25) is 9.10 Å². The molecular weight excluding hydrogens is 442 g/mol. The Balaban J connectivity index is 1.97. The average molecular weight is 460 g/mol. The lowest BCUT2D eigenvalue weighted by atomic mass is 10.0. The van der Waals surface area contributed by atoms with E-state index < -0.39 is 21.8 Å². The van der Waals surface area contributed by atoms with Gasteiger partial charge in [0.2, 0.25) is 0 Å². The first-order chi connectivity index (χ1) is 15.1. The van der Waals surface area contributed by atoms with Gasteiger partial charge < -0.3 is 14.3 Å². The van der Waals surface area contributed by atoms with Crippen LogP contribution in [-0.2, 0) is 17.3 Å². The minimum atomic E-state index is -4.06. The lowest BCUT2D eigenvalue weighted by Gasteiger charge is -2.20. The molecule has 2 heterocycles. The topological polar surface area (TPSA) is 110 Å². The molecule has 4 rings (SSSR count). The number of halogens is 2. The normalized spacial score (nSPS) is 11.7. The third-order valence-electron chi connectivity index (χ3n) is 5.01. The monoisotopic (exact) mass is 460 g/mol. The third kappa shape index (κ3) is 3.83. The van der Waals surface area contributed by atoms with E-state index in [4.69, 9.17) is 9.88 Å². The van der Waals surface area contributed by atoms with E-state index in [2.05, 4.69) is 4.98 Å². The van der Waals surface area contributed by atoms with Gasteiger partial charge >= 0.3 is 0 Å². The van der Waals surface area contributed by atoms with Crippen LogP contribution in [0.5, 0.6) is 11.5 Å². The highest BCUT2D eigenvalue weighted by atomic mass is 32.2. The van der Waals surface area contributed by atoms with E-state index in [1.165, 1.54) is 29.8 Å². The van der Waals surface area contributed by atoms with Crippen LogP contribution in [0.2, 0.25) is 0 Å². The summed E-state index contributed by atoms with van der Waals surface area (Å²) in [5.74, 6) is -1.74. The Kier molecular flexibility index (Phi) is 5.23. The molecule has 0 amide bonds. The molecule has 0 atom stereocenters. The molecule has 0 bridgehead atoms. The van der Waals surface area contributed by atoms with Gasteiger partial charge in [0.05, 0.1) is 5.69 Å². The van der Waals surface area contributed by atoms with Gasteiger partial charge in [0.25, 0.3) is 15.8 Å². The molecule has 11 heteroatoms. The first-order valence-corrected chi connectivity index (χ1v) is 10.8.